The first-order chi connectivity index (χ1) is 10.5. The van der Waals surface area contributed by atoms with Gasteiger partial charge < -0.3 is 9.84 Å². The summed E-state index contributed by atoms with van der Waals surface area (Å²) in [7, 11) is 0. The van der Waals surface area contributed by atoms with Crippen molar-refractivity contribution in [2.75, 3.05) is 0 Å². The number of ketones is 1. The third-order valence-corrected chi connectivity index (χ3v) is 6.50. The number of hydrogen-bond acceptors (Lipinski definition) is 4. The van der Waals surface area contributed by atoms with Gasteiger partial charge in [0.05, 0.1) is 12.2 Å². The number of Topliss-reactive ketones (excluding diaryl/α,β-unsaturated/α-hetero) is 1. The molecule has 3 aliphatic rings. The molecule has 0 aromatic rings. The van der Waals surface area contributed by atoms with Crippen LogP contribution in [-0.4, -0.2) is 22.8 Å². The normalized spacial score (nSPS) is 44.8. The maximum absolute atomic E-state index is 12.2. The largest absolute Gasteiger partial charge is 0.365 e. The summed E-state index contributed by atoms with van der Waals surface area (Å²) in [5.41, 5.74) is -0.294. The number of nitriles is 1. The zero-order valence-electron chi connectivity index (χ0n) is 13.5. The molecule has 5 atom stereocenters. The Bertz CT molecular complexity index is 485. The lowest BCUT2D eigenvalue weighted by Gasteiger charge is -2.59. The number of nitrogens with zero attached hydrogens (tertiary/aromatic N) is 1. The summed E-state index contributed by atoms with van der Waals surface area (Å²) in [5, 5.41) is 19.9. The molecule has 0 bridgehead atoms. The van der Waals surface area contributed by atoms with Crippen molar-refractivity contribution in [3.8, 4) is 6.07 Å². The Hall–Kier alpha value is -0.920. The highest BCUT2D eigenvalue weighted by Gasteiger charge is 2.61. The fourth-order valence-electron chi connectivity index (χ4n) is 5.14. The molecule has 2 aliphatic carbocycles. The van der Waals surface area contributed by atoms with E-state index >= 15 is 0 Å². The van der Waals surface area contributed by atoms with Crippen molar-refractivity contribution >= 4 is 5.78 Å². The topological polar surface area (TPSA) is 70.3 Å². The summed E-state index contributed by atoms with van der Waals surface area (Å²) in [6.45, 7) is 2.13. The van der Waals surface area contributed by atoms with E-state index in [9.17, 15) is 9.90 Å². The van der Waals surface area contributed by atoms with Crippen molar-refractivity contribution in [3.05, 3.63) is 0 Å². The fraction of sp³-hybridized carbons (Fsp3) is 0.889. The maximum atomic E-state index is 12.2. The molecule has 0 radical (unpaired) electrons. The minimum Gasteiger partial charge on any atom is -0.365 e. The number of carbonyl (C=O) groups excluding carboxylic acids is 1. The molecule has 1 saturated heterocycles. The Kier molecular flexibility index (Phi) is 4.31. The van der Waals surface area contributed by atoms with E-state index in [4.69, 9.17) is 10.00 Å². The summed E-state index contributed by atoms with van der Waals surface area (Å²) >= 11 is 0. The van der Waals surface area contributed by atoms with E-state index in [0.29, 0.717) is 25.0 Å². The number of ether oxygens (including phenoxy) is 1. The Morgan fingerprint density at radius 1 is 1.36 bits per heavy atom. The van der Waals surface area contributed by atoms with Crippen LogP contribution in [-0.2, 0) is 9.53 Å². The van der Waals surface area contributed by atoms with Crippen molar-refractivity contribution in [3.63, 3.8) is 0 Å². The third-order valence-electron chi connectivity index (χ3n) is 6.50. The fourth-order valence-corrected chi connectivity index (χ4v) is 5.14. The van der Waals surface area contributed by atoms with Crippen LogP contribution in [0.25, 0.3) is 0 Å². The molecule has 0 aromatic carbocycles. The molecule has 22 heavy (non-hydrogen) atoms. The van der Waals surface area contributed by atoms with Crippen LogP contribution in [0.5, 0.6) is 0 Å². The number of aliphatic hydroxyl groups is 1. The van der Waals surface area contributed by atoms with Crippen LogP contribution < -0.4 is 0 Å². The second-order valence-corrected chi connectivity index (χ2v) is 7.64. The van der Waals surface area contributed by atoms with Gasteiger partial charge >= 0.3 is 0 Å². The quantitative estimate of drug-likeness (QED) is 0.812. The third kappa shape index (κ3) is 2.49. The van der Waals surface area contributed by atoms with E-state index in [2.05, 4.69) is 13.0 Å². The zero-order valence-corrected chi connectivity index (χ0v) is 13.5. The molecule has 0 spiro atoms. The van der Waals surface area contributed by atoms with Gasteiger partial charge in [-0.2, -0.15) is 5.26 Å². The van der Waals surface area contributed by atoms with E-state index in [1.165, 1.54) is 0 Å². The summed E-state index contributed by atoms with van der Waals surface area (Å²) in [6.07, 6.45) is 8.19. The lowest BCUT2D eigenvalue weighted by atomic mass is 9.52. The van der Waals surface area contributed by atoms with Gasteiger partial charge in [-0.05, 0) is 50.9 Å². The number of rotatable bonds is 3. The molecule has 1 N–H and O–H groups in total. The Morgan fingerprint density at radius 3 is 2.95 bits per heavy atom. The van der Waals surface area contributed by atoms with Gasteiger partial charge in [0.15, 0.2) is 5.79 Å². The summed E-state index contributed by atoms with van der Waals surface area (Å²) < 4.78 is 6.15. The lowest BCUT2D eigenvalue weighted by Crippen LogP contribution is -2.63. The van der Waals surface area contributed by atoms with Gasteiger partial charge in [0.25, 0.3) is 0 Å². The number of hydrogen-bond donors (Lipinski definition) is 1. The summed E-state index contributed by atoms with van der Waals surface area (Å²) in [5.74, 6) is -0.276. The van der Waals surface area contributed by atoms with Crippen molar-refractivity contribution in [2.24, 2.45) is 17.3 Å². The van der Waals surface area contributed by atoms with Gasteiger partial charge in [-0.25, -0.2) is 0 Å². The minimum atomic E-state index is -1.08. The van der Waals surface area contributed by atoms with E-state index in [0.717, 1.165) is 44.9 Å². The average Bonchev–Trinajstić information content (AvgIpc) is 2.49. The number of fused-ring (bicyclic) bond motifs is 3. The lowest BCUT2D eigenvalue weighted by molar-refractivity contribution is -0.348. The van der Waals surface area contributed by atoms with Crippen LogP contribution in [0.15, 0.2) is 0 Å². The molecule has 3 fully saturated rings. The standard InChI is InChI=1S/C18H27NO3/c1-17-10-8-13(5-2-3-12-19)22-18(17,21)11-9-14-15(17)6-4-7-16(14)20/h13-15,21H,2-11H2,1H3. The molecular weight excluding hydrogens is 278 g/mol. The molecule has 1 aliphatic heterocycles. The molecule has 1 heterocycles. The molecule has 122 valence electrons. The molecule has 2 saturated carbocycles. The number of unbranched alkanes of at least 4 members (excludes halogenated alkanes) is 1. The van der Waals surface area contributed by atoms with Crippen LogP contribution in [0.2, 0.25) is 0 Å². The monoisotopic (exact) mass is 305 g/mol. The predicted octanol–water partition coefficient (Wildman–Crippen LogP) is 3.33. The van der Waals surface area contributed by atoms with Crippen LogP contribution in [0.1, 0.15) is 71.1 Å². The van der Waals surface area contributed by atoms with Gasteiger partial charge in [0.1, 0.15) is 5.78 Å². The molecule has 5 unspecified atom stereocenters. The number of carbonyl (C=O) groups is 1. The molecular formula is C18H27NO3. The van der Waals surface area contributed by atoms with Crippen molar-refractivity contribution in [2.45, 2.75) is 83.0 Å². The van der Waals surface area contributed by atoms with Gasteiger partial charge in [-0.15, -0.1) is 0 Å². The molecule has 0 aromatic heterocycles. The van der Waals surface area contributed by atoms with Gasteiger partial charge in [0, 0.05) is 30.6 Å². The second kappa shape index (κ2) is 5.94. The van der Waals surface area contributed by atoms with Gasteiger partial charge in [0.2, 0.25) is 0 Å². The Labute approximate surface area is 132 Å². The van der Waals surface area contributed by atoms with Crippen molar-refractivity contribution in [1.29, 1.82) is 5.26 Å². The van der Waals surface area contributed by atoms with Crippen LogP contribution in [0.4, 0.5) is 0 Å². The Morgan fingerprint density at radius 2 is 2.18 bits per heavy atom. The van der Waals surface area contributed by atoms with E-state index < -0.39 is 5.79 Å². The van der Waals surface area contributed by atoms with E-state index in [1.807, 2.05) is 0 Å². The van der Waals surface area contributed by atoms with Crippen LogP contribution in [0, 0.1) is 28.6 Å². The first-order valence-corrected chi connectivity index (χ1v) is 8.80. The van der Waals surface area contributed by atoms with Crippen LogP contribution >= 0.6 is 0 Å². The first kappa shape index (κ1) is 16.0. The van der Waals surface area contributed by atoms with E-state index in [-0.39, 0.29) is 23.4 Å². The summed E-state index contributed by atoms with van der Waals surface area (Å²) in [6, 6.07) is 2.17. The zero-order chi connectivity index (χ0) is 15.8. The molecule has 3 rings (SSSR count). The molecule has 0 amide bonds. The molecule has 4 nitrogen and oxygen atoms in total. The first-order valence-electron chi connectivity index (χ1n) is 8.80. The average molecular weight is 305 g/mol. The second-order valence-electron chi connectivity index (χ2n) is 7.64. The highest BCUT2D eigenvalue weighted by atomic mass is 16.6. The van der Waals surface area contributed by atoms with Crippen molar-refractivity contribution in [1.82, 2.24) is 0 Å². The van der Waals surface area contributed by atoms with E-state index in [1.54, 1.807) is 0 Å². The highest BCUT2D eigenvalue weighted by molar-refractivity contribution is 5.82. The predicted molar refractivity (Wildman–Crippen MR) is 81.7 cm³/mol. The highest BCUT2D eigenvalue weighted by Crippen LogP contribution is 2.59. The summed E-state index contributed by atoms with van der Waals surface area (Å²) in [4.78, 5) is 12.2. The van der Waals surface area contributed by atoms with Crippen molar-refractivity contribution < 1.29 is 14.6 Å². The molecule has 4 heteroatoms. The maximum Gasteiger partial charge on any atom is 0.171 e. The SMILES string of the molecule is CC12CCC(CCCC#N)OC1(O)CCC1C(=O)CCCC12. The van der Waals surface area contributed by atoms with Gasteiger partial charge in [-0.3, -0.25) is 4.79 Å². The Balaban J connectivity index is 1.74. The smallest absolute Gasteiger partial charge is 0.171 e. The van der Waals surface area contributed by atoms with Gasteiger partial charge in [-0.1, -0.05) is 6.92 Å². The van der Waals surface area contributed by atoms with Crippen LogP contribution in [0.3, 0.4) is 0 Å². The minimum absolute atomic E-state index is 0.0577.